The first-order valence-corrected chi connectivity index (χ1v) is 5.07. The van der Waals surface area contributed by atoms with Gasteiger partial charge in [0.2, 0.25) is 0 Å². The molecule has 6 heteroatoms. The van der Waals surface area contributed by atoms with Crippen molar-refractivity contribution in [2.45, 2.75) is 13.1 Å². The van der Waals surface area contributed by atoms with Crippen LogP contribution in [0.15, 0.2) is 0 Å². The van der Waals surface area contributed by atoms with Crippen LogP contribution in [0.25, 0.3) is 0 Å². The number of hydrogen-bond acceptors (Lipinski definition) is 2. The molecule has 1 atom stereocenters. The lowest BCUT2D eigenvalue weighted by Crippen LogP contribution is -2.31. The van der Waals surface area contributed by atoms with Crippen molar-refractivity contribution >= 4 is 10.8 Å². The van der Waals surface area contributed by atoms with Crippen LogP contribution < -0.4 is 5.32 Å². The molecule has 0 bridgehead atoms. The van der Waals surface area contributed by atoms with Crippen molar-refractivity contribution in [3.63, 3.8) is 0 Å². The van der Waals surface area contributed by atoms with Gasteiger partial charge in [-0.05, 0) is 0 Å². The molecule has 0 aliphatic heterocycles. The van der Waals surface area contributed by atoms with Crippen molar-refractivity contribution < 1.29 is 17.4 Å². The Kier molecular flexibility index (Phi) is 5.48. The van der Waals surface area contributed by atoms with E-state index in [1.807, 2.05) is 0 Å². The van der Waals surface area contributed by atoms with Crippen LogP contribution in [-0.4, -0.2) is 35.0 Å². The Labute approximate surface area is 72.0 Å². The van der Waals surface area contributed by atoms with Crippen LogP contribution in [0, 0.1) is 0 Å². The Bertz CT molecular complexity index is 148. The SMILES string of the molecule is CCS(=O)CCNCC(F)(F)F. The van der Waals surface area contributed by atoms with Gasteiger partial charge in [-0.2, -0.15) is 13.2 Å². The number of alkyl halides is 3. The molecule has 74 valence electrons. The summed E-state index contributed by atoms with van der Waals surface area (Å²) >= 11 is 0. The van der Waals surface area contributed by atoms with Crippen LogP contribution in [0.2, 0.25) is 0 Å². The molecule has 0 radical (unpaired) electrons. The van der Waals surface area contributed by atoms with E-state index in [0.717, 1.165) is 0 Å². The second-order valence-electron chi connectivity index (χ2n) is 2.22. The molecule has 0 aromatic heterocycles. The van der Waals surface area contributed by atoms with E-state index < -0.39 is 23.5 Å². The molecule has 0 spiro atoms. The fourth-order valence-electron chi connectivity index (χ4n) is 0.560. The Hall–Kier alpha value is -0.100. The van der Waals surface area contributed by atoms with E-state index in [1.165, 1.54) is 0 Å². The Morgan fingerprint density at radius 1 is 1.42 bits per heavy atom. The predicted octanol–water partition coefficient (Wildman–Crippen LogP) is 0.907. The molecular formula is C6H12F3NOS. The summed E-state index contributed by atoms with van der Waals surface area (Å²) in [6, 6.07) is 0. The Balaban J connectivity index is 3.28. The molecule has 0 aliphatic carbocycles. The second-order valence-corrected chi connectivity index (χ2v) is 4.09. The van der Waals surface area contributed by atoms with Crippen molar-refractivity contribution in [2.75, 3.05) is 24.6 Å². The van der Waals surface area contributed by atoms with Gasteiger partial charge in [0.1, 0.15) is 0 Å². The Morgan fingerprint density at radius 3 is 2.42 bits per heavy atom. The lowest BCUT2D eigenvalue weighted by molar-refractivity contribution is -0.124. The molecule has 0 heterocycles. The molecule has 0 aromatic carbocycles. The van der Waals surface area contributed by atoms with Crippen LogP contribution in [-0.2, 0) is 10.8 Å². The third-order valence-electron chi connectivity index (χ3n) is 1.15. The fourth-order valence-corrected chi connectivity index (χ4v) is 1.22. The summed E-state index contributed by atoms with van der Waals surface area (Å²) < 4.78 is 45.3. The summed E-state index contributed by atoms with van der Waals surface area (Å²) in [6.07, 6.45) is -4.17. The topological polar surface area (TPSA) is 29.1 Å². The van der Waals surface area contributed by atoms with Crippen LogP contribution in [0.3, 0.4) is 0 Å². The van der Waals surface area contributed by atoms with Gasteiger partial charge in [-0.1, -0.05) is 6.92 Å². The average molecular weight is 203 g/mol. The number of nitrogens with one attached hydrogen (secondary N) is 1. The molecule has 1 N–H and O–H groups in total. The van der Waals surface area contributed by atoms with Crippen LogP contribution in [0.4, 0.5) is 13.2 Å². The lowest BCUT2D eigenvalue weighted by Gasteiger charge is -2.06. The molecule has 0 aromatic rings. The van der Waals surface area contributed by atoms with Crippen LogP contribution in [0.1, 0.15) is 6.92 Å². The average Bonchev–Trinajstić information content (AvgIpc) is 1.96. The maximum atomic E-state index is 11.5. The standard InChI is InChI=1S/C6H12F3NOS/c1-2-12(11)4-3-10-5-6(7,8)9/h10H,2-5H2,1H3. The maximum absolute atomic E-state index is 11.5. The van der Waals surface area contributed by atoms with E-state index in [1.54, 1.807) is 6.92 Å². The van der Waals surface area contributed by atoms with Gasteiger partial charge in [0, 0.05) is 28.9 Å². The molecule has 0 rings (SSSR count). The summed E-state index contributed by atoms with van der Waals surface area (Å²) in [5, 5.41) is 2.17. The first-order valence-electron chi connectivity index (χ1n) is 3.58. The quantitative estimate of drug-likeness (QED) is 0.673. The van der Waals surface area contributed by atoms with Crippen molar-refractivity contribution in [2.24, 2.45) is 0 Å². The smallest absolute Gasteiger partial charge is 0.308 e. The highest BCUT2D eigenvalue weighted by Gasteiger charge is 2.25. The van der Waals surface area contributed by atoms with Gasteiger partial charge in [-0.15, -0.1) is 0 Å². The molecule has 1 unspecified atom stereocenters. The highest BCUT2D eigenvalue weighted by atomic mass is 32.2. The van der Waals surface area contributed by atoms with Crippen molar-refractivity contribution in [3.8, 4) is 0 Å². The number of rotatable bonds is 5. The monoisotopic (exact) mass is 203 g/mol. The van der Waals surface area contributed by atoms with E-state index >= 15 is 0 Å². The normalized spacial score (nSPS) is 14.7. The molecule has 0 saturated heterocycles. The van der Waals surface area contributed by atoms with Gasteiger partial charge in [-0.3, -0.25) is 4.21 Å². The first kappa shape index (κ1) is 11.9. The molecule has 0 aliphatic rings. The maximum Gasteiger partial charge on any atom is 0.401 e. The van der Waals surface area contributed by atoms with Gasteiger partial charge in [0.25, 0.3) is 0 Å². The van der Waals surface area contributed by atoms with Gasteiger partial charge >= 0.3 is 6.18 Å². The van der Waals surface area contributed by atoms with E-state index in [0.29, 0.717) is 5.75 Å². The largest absolute Gasteiger partial charge is 0.401 e. The van der Waals surface area contributed by atoms with E-state index in [4.69, 9.17) is 0 Å². The van der Waals surface area contributed by atoms with E-state index in [9.17, 15) is 17.4 Å². The minimum Gasteiger partial charge on any atom is -0.308 e. The summed E-state index contributed by atoms with van der Waals surface area (Å²) in [4.78, 5) is 0. The lowest BCUT2D eigenvalue weighted by atomic mass is 10.6. The second kappa shape index (κ2) is 5.53. The zero-order valence-corrected chi connectivity index (χ0v) is 7.60. The summed E-state index contributed by atoms with van der Waals surface area (Å²) in [5.41, 5.74) is 0. The zero-order valence-electron chi connectivity index (χ0n) is 6.78. The van der Waals surface area contributed by atoms with Gasteiger partial charge < -0.3 is 5.32 Å². The summed E-state index contributed by atoms with van der Waals surface area (Å²) in [5.74, 6) is 0.778. The van der Waals surface area contributed by atoms with Crippen LogP contribution >= 0.6 is 0 Å². The number of halogens is 3. The minimum absolute atomic E-state index is 0.153. The van der Waals surface area contributed by atoms with Gasteiger partial charge in [0.15, 0.2) is 0 Å². The third-order valence-corrected chi connectivity index (χ3v) is 2.46. The highest BCUT2D eigenvalue weighted by molar-refractivity contribution is 7.84. The fraction of sp³-hybridized carbons (Fsp3) is 1.00. The van der Waals surface area contributed by atoms with Crippen molar-refractivity contribution in [1.29, 1.82) is 0 Å². The third kappa shape index (κ3) is 8.00. The summed E-state index contributed by atoms with van der Waals surface area (Å²) in [7, 11) is -0.985. The Morgan fingerprint density at radius 2 is 2.00 bits per heavy atom. The molecule has 2 nitrogen and oxygen atoms in total. The summed E-state index contributed by atoms with van der Waals surface area (Å²) in [6.45, 7) is 0.883. The molecule has 0 fully saturated rings. The van der Waals surface area contributed by atoms with E-state index in [2.05, 4.69) is 5.32 Å². The van der Waals surface area contributed by atoms with Crippen molar-refractivity contribution in [3.05, 3.63) is 0 Å². The molecular weight excluding hydrogens is 191 g/mol. The van der Waals surface area contributed by atoms with Crippen molar-refractivity contribution in [1.82, 2.24) is 5.32 Å². The highest BCUT2D eigenvalue weighted by Crippen LogP contribution is 2.11. The molecule has 0 amide bonds. The van der Waals surface area contributed by atoms with E-state index in [-0.39, 0.29) is 12.3 Å². The minimum atomic E-state index is -4.17. The van der Waals surface area contributed by atoms with Gasteiger partial charge in [-0.25, -0.2) is 0 Å². The predicted molar refractivity (Wildman–Crippen MR) is 42.5 cm³/mol. The molecule has 0 saturated carbocycles. The molecule has 12 heavy (non-hydrogen) atoms. The van der Waals surface area contributed by atoms with Crippen LogP contribution in [0.5, 0.6) is 0 Å². The van der Waals surface area contributed by atoms with Gasteiger partial charge in [0.05, 0.1) is 6.54 Å². The zero-order chi connectivity index (χ0) is 9.61. The first-order chi connectivity index (χ1) is 5.45. The number of hydrogen-bond donors (Lipinski definition) is 1.